The predicted octanol–water partition coefficient (Wildman–Crippen LogP) is 3.45. The van der Waals surface area contributed by atoms with Crippen LogP contribution in [0.1, 0.15) is 18.5 Å². The average Bonchev–Trinajstić information content (AvgIpc) is 2.32. The van der Waals surface area contributed by atoms with Crippen molar-refractivity contribution in [1.82, 2.24) is 4.90 Å². The molecule has 20 heavy (non-hydrogen) atoms. The summed E-state index contributed by atoms with van der Waals surface area (Å²) in [6.45, 7) is 1.41. The number of nitrogens with zero attached hydrogens (tertiary/aromatic N) is 1. The molecule has 1 rings (SSSR count). The third-order valence-electron chi connectivity index (χ3n) is 3.23. The molecule has 0 aliphatic heterocycles. The lowest BCUT2D eigenvalue weighted by Crippen LogP contribution is -2.43. The zero-order chi connectivity index (χ0) is 15.5. The van der Waals surface area contributed by atoms with Gasteiger partial charge in [-0.2, -0.15) is 13.2 Å². The molecular weight excluding hydrogens is 291 g/mol. The van der Waals surface area contributed by atoms with Gasteiger partial charge in [0.25, 0.3) is 0 Å². The molecule has 0 heterocycles. The minimum absolute atomic E-state index is 0.266. The molecular formula is C13H17ClF3N3. The molecule has 0 aliphatic rings. The fourth-order valence-electron chi connectivity index (χ4n) is 1.85. The zero-order valence-electron chi connectivity index (χ0n) is 11.2. The van der Waals surface area contributed by atoms with E-state index in [1.807, 2.05) is 0 Å². The number of amidine groups is 1. The van der Waals surface area contributed by atoms with E-state index in [1.165, 1.54) is 4.90 Å². The molecule has 0 fully saturated rings. The molecule has 0 aromatic heterocycles. The summed E-state index contributed by atoms with van der Waals surface area (Å²) in [5.74, 6) is -2.84. The van der Waals surface area contributed by atoms with Crippen LogP contribution in [0.3, 0.4) is 0 Å². The van der Waals surface area contributed by atoms with Gasteiger partial charge in [0.2, 0.25) is 0 Å². The highest BCUT2D eigenvalue weighted by Crippen LogP contribution is 2.29. The number of nitrogens with one attached hydrogen (secondary N) is 1. The molecule has 0 aliphatic carbocycles. The van der Waals surface area contributed by atoms with E-state index in [0.29, 0.717) is 5.02 Å². The maximum atomic E-state index is 12.8. The molecule has 0 saturated heterocycles. The largest absolute Gasteiger partial charge is 0.399 e. The first-order valence-corrected chi connectivity index (χ1v) is 6.37. The van der Waals surface area contributed by atoms with E-state index < -0.39 is 17.9 Å². The second-order valence-corrected chi connectivity index (χ2v) is 5.16. The van der Waals surface area contributed by atoms with Gasteiger partial charge in [-0.1, -0.05) is 23.7 Å². The molecule has 1 aromatic rings. The Morgan fingerprint density at radius 3 is 2.50 bits per heavy atom. The van der Waals surface area contributed by atoms with Crippen molar-refractivity contribution in [2.24, 2.45) is 11.7 Å². The minimum atomic E-state index is -4.52. The fraction of sp³-hybridized carbons (Fsp3) is 0.462. The number of halogens is 4. The van der Waals surface area contributed by atoms with Crippen molar-refractivity contribution in [3.63, 3.8) is 0 Å². The lowest BCUT2D eigenvalue weighted by molar-refractivity contribution is -0.160. The summed E-state index contributed by atoms with van der Waals surface area (Å²) < 4.78 is 38.4. The van der Waals surface area contributed by atoms with E-state index >= 15 is 0 Å². The first-order chi connectivity index (χ1) is 9.12. The topological polar surface area (TPSA) is 53.1 Å². The van der Waals surface area contributed by atoms with Crippen molar-refractivity contribution < 1.29 is 13.2 Å². The molecule has 1 aromatic carbocycles. The van der Waals surface area contributed by atoms with Crippen LogP contribution in [-0.2, 0) is 0 Å². The Hall–Kier alpha value is -1.27. The molecule has 0 saturated carbocycles. The van der Waals surface area contributed by atoms with Crippen LogP contribution in [-0.4, -0.2) is 30.5 Å². The van der Waals surface area contributed by atoms with Crippen LogP contribution in [0.25, 0.3) is 0 Å². The lowest BCUT2D eigenvalue weighted by atomic mass is 10.0. The molecule has 3 N–H and O–H groups in total. The number of benzene rings is 1. The first-order valence-electron chi connectivity index (χ1n) is 5.99. The van der Waals surface area contributed by atoms with E-state index in [-0.39, 0.29) is 12.6 Å². The SMILES string of the molecule is CC(c1cccc(Cl)c1)N(C)CC(C(=N)N)C(F)(F)F. The van der Waals surface area contributed by atoms with Gasteiger partial charge in [0.1, 0.15) is 11.8 Å². The minimum Gasteiger partial charge on any atom is -0.387 e. The zero-order valence-corrected chi connectivity index (χ0v) is 12.0. The molecule has 0 radical (unpaired) electrons. The highest BCUT2D eigenvalue weighted by molar-refractivity contribution is 6.30. The standard InChI is InChI=1S/C13H17ClF3N3/c1-8(9-4-3-5-10(14)6-9)20(2)7-11(12(18)19)13(15,16)17/h3-6,8,11H,7H2,1-2H3,(H3,18,19). The summed E-state index contributed by atoms with van der Waals surface area (Å²) >= 11 is 5.87. The molecule has 0 spiro atoms. The van der Waals surface area contributed by atoms with Gasteiger partial charge in [0, 0.05) is 17.6 Å². The van der Waals surface area contributed by atoms with Crippen LogP contribution in [0.15, 0.2) is 24.3 Å². The fourth-order valence-corrected chi connectivity index (χ4v) is 2.04. The Morgan fingerprint density at radius 2 is 2.05 bits per heavy atom. The predicted molar refractivity (Wildman–Crippen MR) is 74.0 cm³/mol. The molecule has 7 heteroatoms. The molecule has 2 unspecified atom stereocenters. The average molecular weight is 308 g/mol. The van der Waals surface area contributed by atoms with Crippen molar-refractivity contribution >= 4 is 17.4 Å². The van der Waals surface area contributed by atoms with Crippen LogP contribution >= 0.6 is 11.6 Å². The quantitative estimate of drug-likeness (QED) is 0.646. The van der Waals surface area contributed by atoms with E-state index in [2.05, 4.69) is 0 Å². The summed E-state index contributed by atoms with van der Waals surface area (Å²) in [6, 6.07) is 6.68. The lowest BCUT2D eigenvalue weighted by Gasteiger charge is -2.30. The Kier molecular flexibility index (Phi) is 5.42. The van der Waals surface area contributed by atoms with E-state index in [1.54, 1.807) is 38.2 Å². The van der Waals surface area contributed by atoms with Gasteiger partial charge in [-0.15, -0.1) is 0 Å². The van der Waals surface area contributed by atoms with Crippen LogP contribution in [0, 0.1) is 11.3 Å². The molecule has 0 amide bonds. The Labute approximate surface area is 121 Å². The number of hydrogen-bond donors (Lipinski definition) is 2. The van der Waals surface area contributed by atoms with E-state index in [0.717, 1.165) is 5.56 Å². The first kappa shape index (κ1) is 16.8. The number of nitrogens with two attached hydrogens (primary N) is 1. The maximum absolute atomic E-state index is 12.8. The van der Waals surface area contributed by atoms with Crippen molar-refractivity contribution in [2.75, 3.05) is 13.6 Å². The van der Waals surface area contributed by atoms with Gasteiger partial charge in [-0.05, 0) is 31.7 Å². The third-order valence-corrected chi connectivity index (χ3v) is 3.47. The van der Waals surface area contributed by atoms with Gasteiger partial charge in [-0.3, -0.25) is 10.3 Å². The van der Waals surface area contributed by atoms with Crippen LogP contribution in [0.5, 0.6) is 0 Å². The molecule has 3 nitrogen and oxygen atoms in total. The van der Waals surface area contributed by atoms with Crippen molar-refractivity contribution in [2.45, 2.75) is 19.1 Å². The van der Waals surface area contributed by atoms with Gasteiger partial charge in [0.05, 0.1) is 0 Å². The van der Waals surface area contributed by atoms with E-state index in [4.69, 9.17) is 22.7 Å². The Morgan fingerprint density at radius 1 is 1.45 bits per heavy atom. The number of alkyl halides is 3. The second-order valence-electron chi connectivity index (χ2n) is 4.72. The van der Waals surface area contributed by atoms with Gasteiger partial charge >= 0.3 is 6.18 Å². The molecule has 2 atom stereocenters. The summed E-state index contributed by atoms with van der Waals surface area (Å²) in [6.07, 6.45) is -4.52. The smallest absolute Gasteiger partial charge is 0.387 e. The van der Waals surface area contributed by atoms with Crippen LogP contribution in [0.4, 0.5) is 13.2 Å². The van der Waals surface area contributed by atoms with Crippen LogP contribution in [0.2, 0.25) is 5.02 Å². The summed E-state index contributed by atoms with van der Waals surface area (Å²) in [7, 11) is 1.56. The molecule has 0 bridgehead atoms. The van der Waals surface area contributed by atoms with Crippen molar-refractivity contribution in [3.8, 4) is 0 Å². The van der Waals surface area contributed by atoms with Crippen molar-refractivity contribution in [1.29, 1.82) is 5.41 Å². The van der Waals surface area contributed by atoms with Crippen LogP contribution < -0.4 is 5.73 Å². The maximum Gasteiger partial charge on any atom is 0.399 e. The monoisotopic (exact) mass is 307 g/mol. The Balaban J connectivity index is 2.84. The highest BCUT2D eigenvalue weighted by atomic mass is 35.5. The van der Waals surface area contributed by atoms with Gasteiger partial charge < -0.3 is 5.73 Å². The van der Waals surface area contributed by atoms with Gasteiger partial charge in [0.15, 0.2) is 0 Å². The van der Waals surface area contributed by atoms with E-state index in [9.17, 15) is 13.2 Å². The summed E-state index contributed by atoms with van der Waals surface area (Å²) in [5.41, 5.74) is 5.86. The molecule has 112 valence electrons. The Bertz CT molecular complexity index is 476. The van der Waals surface area contributed by atoms with Gasteiger partial charge in [-0.25, -0.2) is 0 Å². The summed E-state index contributed by atoms with van der Waals surface area (Å²) in [4.78, 5) is 1.51. The third kappa shape index (κ3) is 4.38. The second kappa shape index (κ2) is 6.45. The summed E-state index contributed by atoms with van der Waals surface area (Å²) in [5, 5.41) is 7.62. The number of rotatable bonds is 5. The normalized spacial score (nSPS) is 15.2. The highest BCUT2D eigenvalue weighted by Gasteiger charge is 2.42. The van der Waals surface area contributed by atoms with Crippen molar-refractivity contribution in [3.05, 3.63) is 34.9 Å². The number of hydrogen-bond acceptors (Lipinski definition) is 2.